The predicted molar refractivity (Wildman–Crippen MR) is 92.7 cm³/mol. The van der Waals surface area contributed by atoms with E-state index in [0.717, 1.165) is 26.0 Å². The van der Waals surface area contributed by atoms with Gasteiger partial charge in [-0.15, -0.1) is 23.1 Å². The van der Waals surface area contributed by atoms with E-state index in [1.54, 1.807) is 23.1 Å². The van der Waals surface area contributed by atoms with Crippen LogP contribution in [0.5, 0.6) is 0 Å². The molecule has 0 amide bonds. The average Bonchev–Trinajstić information content (AvgIpc) is 2.86. The van der Waals surface area contributed by atoms with Crippen LogP contribution in [-0.4, -0.2) is 17.0 Å². The molecule has 0 aliphatic carbocycles. The molecule has 0 radical (unpaired) electrons. The Kier molecular flexibility index (Phi) is 4.33. The fraction of sp³-hybridized carbons (Fsp3) is 0.200. The van der Waals surface area contributed by atoms with Crippen molar-refractivity contribution in [2.24, 2.45) is 0 Å². The number of thiophene rings is 1. The van der Waals surface area contributed by atoms with Gasteiger partial charge in [-0.25, -0.2) is 9.97 Å². The second kappa shape index (κ2) is 6.22. The quantitative estimate of drug-likeness (QED) is 0.538. The molecule has 0 aliphatic heterocycles. The van der Waals surface area contributed by atoms with E-state index in [-0.39, 0.29) is 0 Å². The highest BCUT2D eigenvalue weighted by Crippen LogP contribution is 2.33. The van der Waals surface area contributed by atoms with E-state index in [2.05, 4.69) is 28.3 Å². The fourth-order valence-electron chi connectivity index (χ4n) is 1.97. The van der Waals surface area contributed by atoms with Gasteiger partial charge >= 0.3 is 0 Å². The largest absolute Gasteiger partial charge is 0.357 e. The summed E-state index contributed by atoms with van der Waals surface area (Å²) in [5.41, 5.74) is 1.23. The molecule has 0 bridgehead atoms. The summed E-state index contributed by atoms with van der Waals surface area (Å²) in [6.07, 6.45) is 0. The van der Waals surface area contributed by atoms with Crippen LogP contribution < -0.4 is 5.32 Å². The van der Waals surface area contributed by atoms with Gasteiger partial charge in [0.1, 0.15) is 9.86 Å². The smallest absolute Gasteiger partial charge is 0.224 e. The van der Waals surface area contributed by atoms with E-state index in [1.165, 1.54) is 10.4 Å². The molecular weight excluding hydrogens is 322 g/mol. The number of benzene rings is 1. The molecule has 21 heavy (non-hydrogen) atoms. The lowest BCUT2D eigenvalue weighted by Gasteiger charge is -2.05. The number of anilines is 1. The van der Waals surface area contributed by atoms with E-state index >= 15 is 0 Å². The maximum Gasteiger partial charge on any atom is 0.224 e. The van der Waals surface area contributed by atoms with Crippen molar-refractivity contribution < 1.29 is 0 Å². The molecular formula is C15H14ClN3S2. The number of halogens is 1. The molecule has 0 saturated heterocycles. The molecule has 2 aromatic heterocycles. The van der Waals surface area contributed by atoms with Crippen LogP contribution in [-0.2, 0) is 5.75 Å². The fourth-order valence-corrected chi connectivity index (χ4v) is 4.00. The molecule has 0 spiro atoms. The van der Waals surface area contributed by atoms with E-state index in [9.17, 15) is 0 Å². The van der Waals surface area contributed by atoms with Crippen molar-refractivity contribution in [3.05, 3.63) is 45.8 Å². The first-order chi connectivity index (χ1) is 10.2. The molecule has 3 rings (SSSR count). The molecule has 0 saturated carbocycles. The summed E-state index contributed by atoms with van der Waals surface area (Å²) < 4.78 is 0. The molecule has 0 aliphatic rings. The zero-order valence-electron chi connectivity index (χ0n) is 11.7. The van der Waals surface area contributed by atoms with Gasteiger partial charge in [0.05, 0.1) is 0 Å². The van der Waals surface area contributed by atoms with Crippen molar-refractivity contribution in [1.29, 1.82) is 0 Å². The van der Waals surface area contributed by atoms with Gasteiger partial charge in [-0.3, -0.25) is 0 Å². The molecule has 6 heteroatoms. The van der Waals surface area contributed by atoms with Crippen LogP contribution in [0.15, 0.2) is 35.4 Å². The van der Waals surface area contributed by atoms with E-state index in [4.69, 9.17) is 11.6 Å². The second-order valence-electron chi connectivity index (χ2n) is 4.59. The average molecular weight is 336 g/mol. The third-order valence-electron chi connectivity index (χ3n) is 2.99. The number of nitrogens with zero attached hydrogens (tertiary/aromatic N) is 2. The SMILES string of the molecule is CNc1nc(SCc2ccc(Cl)cc2)c2cc(C)sc2n1. The predicted octanol–water partition coefficient (Wildman–Crippen LogP) is 4.99. The molecule has 0 fully saturated rings. The lowest BCUT2D eigenvalue weighted by atomic mass is 10.2. The molecule has 108 valence electrons. The van der Waals surface area contributed by atoms with Crippen LogP contribution in [0.3, 0.4) is 0 Å². The third kappa shape index (κ3) is 3.31. The van der Waals surface area contributed by atoms with Crippen LogP contribution in [0.1, 0.15) is 10.4 Å². The Hall–Kier alpha value is -1.30. The minimum atomic E-state index is 0.669. The summed E-state index contributed by atoms with van der Waals surface area (Å²) in [5, 5.41) is 5.94. The highest BCUT2D eigenvalue weighted by atomic mass is 35.5. The molecule has 1 N–H and O–H groups in total. The van der Waals surface area contributed by atoms with Crippen LogP contribution in [0.4, 0.5) is 5.95 Å². The van der Waals surface area contributed by atoms with Gasteiger partial charge in [-0.1, -0.05) is 23.7 Å². The van der Waals surface area contributed by atoms with Gasteiger partial charge < -0.3 is 5.32 Å². The van der Waals surface area contributed by atoms with Crippen molar-refractivity contribution in [3.63, 3.8) is 0 Å². The topological polar surface area (TPSA) is 37.8 Å². The molecule has 2 heterocycles. The first-order valence-electron chi connectivity index (χ1n) is 6.49. The summed E-state index contributed by atoms with van der Waals surface area (Å²) in [7, 11) is 1.84. The van der Waals surface area contributed by atoms with Gasteiger partial charge in [0.15, 0.2) is 0 Å². The number of hydrogen-bond donors (Lipinski definition) is 1. The highest BCUT2D eigenvalue weighted by molar-refractivity contribution is 7.98. The number of fused-ring (bicyclic) bond motifs is 1. The van der Waals surface area contributed by atoms with Crippen molar-refractivity contribution in [1.82, 2.24) is 9.97 Å². The first-order valence-corrected chi connectivity index (χ1v) is 8.67. The third-order valence-corrected chi connectivity index (χ3v) is 5.25. The second-order valence-corrected chi connectivity index (χ2v) is 7.23. The lowest BCUT2D eigenvalue weighted by molar-refractivity contribution is 1.10. The van der Waals surface area contributed by atoms with Crippen molar-refractivity contribution in [3.8, 4) is 0 Å². The normalized spacial score (nSPS) is 11.0. The number of hydrogen-bond acceptors (Lipinski definition) is 5. The summed E-state index contributed by atoms with van der Waals surface area (Å²) in [6, 6.07) is 10.1. The van der Waals surface area contributed by atoms with E-state index in [1.807, 2.05) is 31.3 Å². The maximum atomic E-state index is 5.91. The van der Waals surface area contributed by atoms with Gasteiger partial charge in [-0.05, 0) is 30.7 Å². The molecule has 1 aromatic carbocycles. The van der Waals surface area contributed by atoms with Crippen LogP contribution in [0, 0.1) is 6.92 Å². The number of nitrogens with one attached hydrogen (secondary N) is 1. The molecule has 0 atom stereocenters. The first kappa shape index (κ1) is 14.6. The Morgan fingerprint density at radius 2 is 2.00 bits per heavy atom. The van der Waals surface area contributed by atoms with Gasteiger partial charge in [0, 0.05) is 28.1 Å². The Labute approximate surface area is 136 Å². The van der Waals surface area contributed by atoms with Crippen LogP contribution in [0.25, 0.3) is 10.2 Å². The zero-order valence-corrected chi connectivity index (χ0v) is 14.1. The Morgan fingerprint density at radius 3 is 2.71 bits per heavy atom. The summed E-state index contributed by atoms with van der Waals surface area (Å²) >= 11 is 9.34. The van der Waals surface area contributed by atoms with E-state index in [0.29, 0.717) is 5.95 Å². The highest BCUT2D eigenvalue weighted by Gasteiger charge is 2.10. The molecule has 3 nitrogen and oxygen atoms in total. The lowest BCUT2D eigenvalue weighted by Crippen LogP contribution is -1.97. The number of rotatable bonds is 4. The van der Waals surface area contributed by atoms with E-state index < -0.39 is 0 Å². The summed E-state index contributed by atoms with van der Waals surface area (Å²) in [6.45, 7) is 2.10. The standard InChI is InChI=1S/C15H14ClN3S2/c1-9-7-12-13(18-15(17-2)19-14(12)21-9)20-8-10-3-5-11(16)6-4-10/h3-7H,8H2,1-2H3,(H,17,18,19). The minimum absolute atomic E-state index is 0.669. The van der Waals surface area contributed by atoms with Gasteiger partial charge in [0.25, 0.3) is 0 Å². The van der Waals surface area contributed by atoms with Gasteiger partial charge in [-0.2, -0.15) is 0 Å². The number of aryl methyl sites for hydroxylation is 1. The Bertz CT molecular complexity index is 768. The maximum absolute atomic E-state index is 5.91. The van der Waals surface area contributed by atoms with Crippen molar-refractivity contribution in [2.75, 3.05) is 12.4 Å². The van der Waals surface area contributed by atoms with Crippen molar-refractivity contribution in [2.45, 2.75) is 17.7 Å². The number of thioether (sulfide) groups is 1. The number of aromatic nitrogens is 2. The monoisotopic (exact) mass is 335 g/mol. The zero-order chi connectivity index (χ0) is 14.8. The Morgan fingerprint density at radius 1 is 1.24 bits per heavy atom. The summed E-state index contributed by atoms with van der Waals surface area (Å²) in [5.74, 6) is 1.53. The summed E-state index contributed by atoms with van der Waals surface area (Å²) in [4.78, 5) is 11.4. The van der Waals surface area contributed by atoms with Crippen LogP contribution >= 0.6 is 34.7 Å². The van der Waals surface area contributed by atoms with Crippen LogP contribution in [0.2, 0.25) is 5.02 Å². The van der Waals surface area contributed by atoms with Gasteiger partial charge in [0.2, 0.25) is 5.95 Å². The minimum Gasteiger partial charge on any atom is -0.357 e. The van der Waals surface area contributed by atoms with Crippen molar-refractivity contribution >= 4 is 50.9 Å². The molecule has 0 unspecified atom stereocenters. The molecule has 3 aromatic rings. The Balaban J connectivity index is 1.90.